The van der Waals surface area contributed by atoms with E-state index in [4.69, 9.17) is 11.0 Å². The highest BCUT2D eigenvalue weighted by Crippen LogP contribution is 2.21. The molecular weight excluding hydrogens is 268 g/mol. The van der Waals surface area contributed by atoms with Crippen molar-refractivity contribution in [2.45, 2.75) is 6.54 Å². The quantitative estimate of drug-likeness (QED) is 0.912. The first-order valence-corrected chi connectivity index (χ1v) is 5.47. The minimum atomic E-state index is 0.386. The SMILES string of the molecule is N#Cc1ccc(Br)cc1-n1cncc1CN. The van der Waals surface area contributed by atoms with Crippen molar-refractivity contribution in [2.75, 3.05) is 0 Å². The third-order valence-corrected chi connectivity index (χ3v) is 2.76. The van der Waals surface area contributed by atoms with E-state index in [1.165, 1.54) is 0 Å². The lowest BCUT2D eigenvalue weighted by atomic mass is 10.2. The maximum Gasteiger partial charge on any atom is 0.101 e. The summed E-state index contributed by atoms with van der Waals surface area (Å²) in [5.41, 5.74) is 7.86. The fourth-order valence-electron chi connectivity index (χ4n) is 1.49. The van der Waals surface area contributed by atoms with Crippen LogP contribution in [0.1, 0.15) is 11.3 Å². The molecule has 1 aromatic carbocycles. The smallest absolute Gasteiger partial charge is 0.101 e. The number of hydrogen-bond acceptors (Lipinski definition) is 3. The van der Waals surface area contributed by atoms with Gasteiger partial charge in [-0.3, -0.25) is 0 Å². The zero-order chi connectivity index (χ0) is 11.5. The average molecular weight is 277 g/mol. The summed E-state index contributed by atoms with van der Waals surface area (Å²) in [4.78, 5) is 4.03. The summed E-state index contributed by atoms with van der Waals surface area (Å²) in [7, 11) is 0. The van der Waals surface area contributed by atoms with E-state index in [0.29, 0.717) is 12.1 Å². The summed E-state index contributed by atoms with van der Waals surface area (Å²) in [6, 6.07) is 7.62. The lowest BCUT2D eigenvalue weighted by Gasteiger charge is -2.08. The van der Waals surface area contributed by atoms with Gasteiger partial charge in [0.15, 0.2) is 0 Å². The van der Waals surface area contributed by atoms with Crippen molar-refractivity contribution in [1.29, 1.82) is 5.26 Å². The predicted octanol–water partition coefficient (Wildman–Crippen LogP) is 1.97. The second kappa shape index (κ2) is 4.47. The molecule has 4 nitrogen and oxygen atoms in total. The number of rotatable bonds is 2. The van der Waals surface area contributed by atoms with Gasteiger partial charge in [-0.25, -0.2) is 4.98 Å². The largest absolute Gasteiger partial charge is 0.325 e. The molecule has 0 aliphatic rings. The van der Waals surface area contributed by atoms with Crippen LogP contribution in [-0.2, 0) is 6.54 Å². The molecule has 16 heavy (non-hydrogen) atoms. The van der Waals surface area contributed by atoms with E-state index in [1.54, 1.807) is 18.6 Å². The lowest BCUT2D eigenvalue weighted by Crippen LogP contribution is -2.05. The molecule has 0 fully saturated rings. The number of benzene rings is 1. The second-order valence-electron chi connectivity index (χ2n) is 3.23. The van der Waals surface area contributed by atoms with E-state index in [1.807, 2.05) is 16.7 Å². The van der Waals surface area contributed by atoms with Gasteiger partial charge in [-0.1, -0.05) is 15.9 Å². The van der Waals surface area contributed by atoms with Crippen molar-refractivity contribution < 1.29 is 0 Å². The molecule has 0 bridgehead atoms. The molecule has 2 rings (SSSR count). The van der Waals surface area contributed by atoms with E-state index < -0.39 is 0 Å². The zero-order valence-corrected chi connectivity index (χ0v) is 9.98. The van der Waals surface area contributed by atoms with Crippen LogP contribution in [0.2, 0.25) is 0 Å². The number of nitrogens with two attached hydrogens (primary N) is 1. The molecule has 2 N–H and O–H groups in total. The maximum absolute atomic E-state index is 9.04. The van der Waals surface area contributed by atoms with E-state index in [-0.39, 0.29) is 0 Å². The van der Waals surface area contributed by atoms with Crippen LogP contribution in [0.3, 0.4) is 0 Å². The number of imidazole rings is 1. The molecule has 1 aromatic heterocycles. The van der Waals surface area contributed by atoms with Crippen LogP contribution in [0.4, 0.5) is 0 Å². The molecule has 0 aliphatic carbocycles. The topological polar surface area (TPSA) is 67.6 Å². The average Bonchev–Trinajstić information content (AvgIpc) is 2.76. The summed E-state index contributed by atoms with van der Waals surface area (Å²) in [5.74, 6) is 0. The lowest BCUT2D eigenvalue weighted by molar-refractivity contribution is 0.907. The highest BCUT2D eigenvalue weighted by molar-refractivity contribution is 9.10. The molecule has 0 radical (unpaired) electrons. The molecular formula is C11H9BrN4. The Balaban J connectivity index is 2.64. The Morgan fingerprint density at radius 2 is 2.31 bits per heavy atom. The van der Waals surface area contributed by atoms with Crippen LogP contribution in [0.25, 0.3) is 5.69 Å². The van der Waals surface area contributed by atoms with E-state index in [9.17, 15) is 0 Å². The van der Waals surface area contributed by atoms with Crippen molar-refractivity contribution >= 4 is 15.9 Å². The van der Waals surface area contributed by atoms with Crippen LogP contribution in [0.5, 0.6) is 0 Å². The van der Waals surface area contributed by atoms with Gasteiger partial charge in [0.25, 0.3) is 0 Å². The Morgan fingerprint density at radius 1 is 1.50 bits per heavy atom. The Kier molecular flexibility index (Phi) is 3.04. The standard InChI is InChI=1S/C11H9BrN4/c12-9-2-1-8(4-13)11(3-9)16-7-15-6-10(16)5-14/h1-3,6-7H,5,14H2. The third kappa shape index (κ3) is 1.85. The zero-order valence-electron chi connectivity index (χ0n) is 8.39. The molecule has 1 heterocycles. The van der Waals surface area contributed by atoms with Gasteiger partial charge in [0.2, 0.25) is 0 Å². The van der Waals surface area contributed by atoms with Gasteiger partial charge >= 0.3 is 0 Å². The first kappa shape index (κ1) is 10.9. The predicted molar refractivity (Wildman–Crippen MR) is 63.9 cm³/mol. The fraction of sp³-hybridized carbons (Fsp3) is 0.0909. The monoisotopic (exact) mass is 276 g/mol. The molecule has 0 unspecified atom stereocenters. The molecule has 0 saturated carbocycles. The summed E-state index contributed by atoms with van der Waals surface area (Å²) >= 11 is 3.38. The first-order chi connectivity index (χ1) is 7.76. The number of halogens is 1. The summed E-state index contributed by atoms with van der Waals surface area (Å²) in [5, 5.41) is 9.04. The second-order valence-corrected chi connectivity index (χ2v) is 4.15. The van der Waals surface area contributed by atoms with Crippen LogP contribution in [0.15, 0.2) is 35.2 Å². The van der Waals surface area contributed by atoms with Crippen molar-refractivity contribution in [3.8, 4) is 11.8 Å². The normalized spacial score (nSPS) is 10.1. The number of nitriles is 1. The summed E-state index contributed by atoms with van der Waals surface area (Å²) < 4.78 is 2.74. The van der Waals surface area contributed by atoms with Gasteiger partial charge in [-0.15, -0.1) is 0 Å². The summed E-state index contributed by atoms with van der Waals surface area (Å²) in [6.07, 6.45) is 3.35. The van der Waals surface area contributed by atoms with Crippen LogP contribution in [0, 0.1) is 11.3 Å². The van der Waals surface area contributed by atoms with Crippen molar-refractivity contribution in [3.63, 3.8) is 0 Å². The van der Waals surface area contributed by atoms with Crippen molar-refractivity contribution in [1.82, 2.24) is 9.55 Å². The summed E-state index contributed by atoms with van der Waals surface area (Å²) in [6.45, 7) is 0.386. The molecule has 2 aromatic rings. The Bertz CT molecular complexity index is 553. The molecule has 0 amide bonds. The fourth-order valence-corrected chi connectivity index (χ4v) is 1.84. The minimum absolute atomic E-state index is 0.386. The van der Waals surface area contributed by atoms with Gasteiger partial charge in [0, 0.05) is 17.2 Å². The van der Waals surface area contributed by atoms with Crippen LogP contribution < -0.4 is 5.73 Å². The highest BCUT2D eigenvalue weighted by atomic mass is 79.9. The first-order valence-electron chi connectivity index (χ1n) is 4.67. The Labute approximate surface area is 101 Å². The molecule has 0 saturated heterocycles. The van der Waals surface area contributed by atoms with E-state index in [0.717, 1.165) is 15.9 Å². The number of hydrogen-bond donors (Lipinski definition) is 1. The molecule has 5 heteroatoms. The van der Waals surface area contributed by atoms with Crippen LogP contribution >= 0.6 is 15.9 Å². The van der Waals surface area contributed by atoms with Gasteiger partial charge in [-0.2, -0.15) is 5.26 Å². The minimum Gasteiger partial charge on any atom is -0.325 e. The van der Waals surface area contributed by atoms with Crippen LogP contribution in [-0.4, -0.2) is 9.55 Å². The number of nitrogens with zero attached hydrogens (tertiary/aromatic N) is 3. The highest BCUT2D eigenvalue weighted by Gasteiger charge is 2.08. The van der Waals surface area contributed by atoms with Gasteiger partial charge in [0.05, 0.1) is 23.3 Å². The Morgan fingerprint density at radius 3 is 3.00 bits per heavy atom. The van der Waals surface area contributed by atoms with Gasteiger partial charge < -0.3 is 10.3 Å². The van der Waals surface area contributed by atoms with Crippen molar-refractivity contribution in [2.24, 2.45) is 5.73 Å². The van der Waals surface area contributed by atoms with E-state index in [2.05, 4.69) is 27.0 Å². The Hall–Kier alpha value is -1.64. The van der Waals surface area contributed by atoms with Gasteiger partial charge in [-0.05, 0) is 18.2 Å². The molecule has 80 valence electrons. The molecule has 0 atom stereocenters. The number of aromatic nitrogens is 2. The van der Waals surface area contributed by atoms with Gasteiger partial charge in [0.1, 0.15) is 6.07 Å². The van der Waals surface area contributed by atoms with E-state index >= 15 is 0 Å². The third-order valence-electron chi connectivity index (χ3n) is 2.26. The molecule has 0 aliphatic heterocycles. The maximum atomic E-state index is 9.04. The molecule has 0 spiro atoms. The van der Waals surface area contributed by atoms with Crippen molar-refractivity contribution in [3.05, 3.63) is 46.5 Å².